The maximum absolute atomic E-state index is 10.1. The monoisotopic (exact) mass is 268 g/mol. The zero-order valence-electron chi connectivity index (χ0n) is 11.7. The molecule has 2 heterocycles. The van der Waals surface area contributed by atoms with Gasteiger partial charge in [-0.05, 0) is 32.1 Å². The normalized spacial score (nSPS) is 53.5. The van der Waals surface area contributed by atoms with Crippen LogP contribution in [0.15, 0.2) is 12.2 Å². The molecule has 6 atom stereocenters. The molecule has 2 aliphatic heterocycles. The number of ether oxygens (including phenoxy) is 2. The van der Waals surface area contributed by atoms with Gasteiger partial charge in [0.1, 0.15) is 0 Å². The minimum atomic E-state index is -0.715. The van der Waals surface area contributed by atoms with Gasteiger partial charge >= 0.3 is 0 Å². The molecule has 0 amide bonds. The van der Waals surface area contributed by atoms with Crippen LogP contribution < -0.4 is 0 Å². The number of fused-ring (bicyclic) bond motifs is 3. The summed E-state index contributed by atoms with van der Waals surface area (Å²) in [5.41, 5.74) is -0.862. The van der Waals surface area contributed by atoms with E-state index in [2.05, 4.69) is 13.0 Å². The molecule has 2 N–H and O–H groups in total. The summed E-state index contributed by atoms with van der Waals surface area (Å²) in [6.07, 6.45) is 7.19. The lowest BCUT2D eigenvalue weighted by Gasteiger charge is -2.54. The minimum Gasteiger partial charge on any atom is -0.394 e. The van der Waals surface area contributed by atoms with Gasteiger partial charge in [-0.25, -0.2) is 0 Å². The first-order chi connectivity index (χ1) is 8.95. The molecule has 0 unspecified atom stereocenters. The Morgan fingerprint density at radius 3 is 2.63 bits per heavy atom. The quantitative estimate of drug-likeness (QED) is 0.709. The van der Waals surface area contributed by atoms with E-state index >= 15 is 0 Å². The van der Waals surface area contributed by atoms with Gasteiger partial charge in [0.2, 0.25) is 0 Å². The van der Waals surface area contributed by atoms with Gasteiger partial charge in [-0.1, -0.05) is 19.1 Å². The van der Waals surface area contributed by atoms with Crippen molar-refractivity contribution in [2.24, 2.45) is 11.3 Å². The van der Waals surface area contributed by atoms with E-state index in [1.54, 1.807) is 0 Å². The van der Waals surface area contributed by atoms with Gasteiger partial charge < -0.3 is 19.7 Å². The summed E-state index contributed by atoms with van der Waals surface area (Å²) < 4.78 is 12.0. The Labute approximate surface area is 114 Å². The summed E-state index contributed by atoms with van der Waals surface area (Å²) in [7, 11) is 0. The van der Waals surface area contributed by atoms with Gasteiger partial charge in [-0.3, -0.25) is 0 Å². The van der Waals surface area contributed by atoms with Crippen LogP contribution in [0.4, 0.5) is 0 Å². The van der Waals surface area contributed by atoms with Crippen LogP contribution >= 0.6 is 0 Å². The van der Waals surface area contributed by atoms with Crippen LogP contribution in [0.5, 0.6) is 0 Å². The van der Waals surface area contributed by atoms with Crippen LogP contribution in [0.2, 0.25) is 0 Å². The maximum Gasteiger partial charge on any atom is 0.167 e. The molecule has 2 saturated heterocycles. The van der Waals surface area contributed by atoms with Crippen LogP contribution in [-0.2, 0) is 9.47 Å². The van der Waals surface area contributed by atoms with E-state index in [1.165, 1.54) is 0 Å². The summed E-state index contributed by atoms with van der Waals surface area (Å²) in [6.45, 7) is 4.14. The maximum atomic E-state index is 10.1. The second-order valence-electron chi connectivity index (χ2n) is 6.71. The van der Waals surface area contributed by atoms with Crippen molar-refractivity contribution in [1.82, 2.24) is 0 Å². The number of hydrogen-bond acceptors (Lipinski definition) is 4. The Bertz CT molecular complexity index is 376. The summed E-state index contributed by atoms with van der Waals surface area (Å²) in [5.74, 6) is 0.475. The second kappa shape index (κ2) is 4.55. The van der Waals surface area contributed by atoms with Crippen molar-refractivity contribution >= 4 is 0 Å². The third-order valence-corrected chi connectivity index (χ3v) is 5.15. The lowest BCUT2D eigenvalue weighted by molar-refractivity contribution is -0.320. The number of hydrogen-bond donors (Lipinski definition) is 2. The van der Waals surface area contributed by atoms with Gasteiger partial charge in [0.15, 0.2) is 6.29 Å². The minimum absolute atomic E-state index is 0.0578. The SMILES string of the molecule is C[C@H]1C[C@@H]2C[C@@H](CO)O[C@@H](O2)[C@]12C=C[C@@](C)(O)CC2. The van der Waals surface area contributed by atoms with Gasteiger partial charge in [0.25, 0.3) is 0 Å². The molecule has 19 heavy (non-hydrogen) atoms. The second-order valence-corrected chi connectivity index (χ2v) is 6.71. The van der Waals surface area contributed by atoms with Crippen molar-refractivity contribution in [2.75, 3.05) is 6.61 Å². The molecule has 2 bridgehead atoms. The fourth-order valence-electron chi connectivity index (χ4n) is 3.73. The molecular formula is C15H24O4. The Kier molecular flexibility index (Phi) is 3.25. The van der Waals surface area contributed by atoms with Crippen LogP contribution in [0.25, 0.3) is 0 Å². The topological polar surface area (TPSA) is 58.9 Å². The fourth-order valence-corrected chi connectivity index (χ4v) is 3.73. The molecule has 3 aliphatic rings. The summed E-state index contributed by atoms with van der Waals surface area (Å²) in [6, 6.07) is 0. The molecule has 1 spiro atoms. The zero-order chi connectivity index (χ0) is 13.7. The highest BCUT2D eigenvalue weighted by molar-refractivity contribution is 5.16. The van der Waals surface area contributed by atoms with Crippen LogP contribution in [-0.4, -0.2) is 40.9 Å². The molecular weight excluding hydrogens is 244 g/mol. The van der Waals surface area contributed by atoms with Crippen molar-refractivity contribution in [2.45, 2.75) is 63.6 Å². The van der Waals surface area contributed by atoms with Crippen molar-refractivity contribution in [3.63, 3.8) is 0 Å². The lowest BCUT2D eigenvalue weighted by Crippen LogP contribution is -2.57. The Morgan fingerprint density at radius 2 is 2.00 bits per heavy atom. The third kappa shape index (κ3) is 2.25. The summed E-state index contributed by atoms with van der Waals surface area (Å²) in [5, 5.41) is 19.4. The molecule has 4 heteroatoms. The Hall–Kier alpha value is -0.420. The van der Waals surface area contributed by atoms with E-state index in [1.807, 2.05) is 13.0 Å². The Balaban J connectivity index is 1.88. The fraction of sp³-hybridized carbons (Fsp3) is 0.867. The van der Waals surface area contributed by atoms with Crippen molar-refractivity contribution in [3.8, 4) is 0 Å². The highest BCUT2D eigenvalue weighted by Gasteiger charge is 2.53. The average Bonchev–Trinajstić information content (AvgIpc) is 2.37. The number of rotatable bonds is 1. The Morgan fingerprint density at radius 1 is 1.21 bits per heavy atom. The van der Waals surface area contributed by atoms with Crippen molar-refractivity contribution in [3.05, 3.63) is 12.2 Å². The van der Waals surface area contributed by atoms with Gasteiger partial charge in [0, 0.05) is 11.8 Å². The van der Waals surface area contributed by atoms with Gasteiger partial charge in [0.05, 0.1) is 24.4 Å². The highest BCUT2D eigenvalue weighted by Crippen LogP contribution is 2.52. The largest absolute Gasteiger partial charge is 0.394 e. The molecule has 0 aromatic rings. The number of aliphatic hydroxyl groups excluding tert-OH is 1. The smallest absolute Gasteiger partial charge is 0.167 e. The average molecular weight is 268 g/mol. The van der Waals surface area contributed by atoms with Gasteiger partial charge in [-0.15, -0.1) is 0 Å². The number of aliphatic hydroxyl groups is 2. The molecule has 2 fully saturated rings. The van der Waals surface area contributed by atoms with E-state index in [9.17, 15) is 10.2 Å². The van der Waals surface area contributed by atoms with Crippen LogP contribution in [0, 0.1) is 11.3 Å². The molecule has 0 aromatic carbocycles. The van der Waals surface area contributed by atoms with E-state index in [0.29, 0.717) is 5.92 Å². The first kappa shape index (κ1) is 13.6. The molecule has 0 aromatic heterocycles. The lowest BCUT2D eigenvalue weighted by atomic mass is 9.63. The molecule has 0 radical (unpaired) electrons. The van der Waals surface area contributed by atoms with Crippen LogP contribution in [0.1, 0.15) is 39.5 Å². The molecule has 0 saturated carbocycles. The first-order valence-electron chi connectivity index (χ1n) is 7.30. The summed E-state index contributed by atoms with van der Waals surface area (Å²) >= 11 is 0. The van der Waals surface area contributed by atoms with E-state index in [0.717, 1.165) is 25.7 Å². The van der Waals surface area contributed by atoms with E-state index < -0.39 is 5.60 Å². The molecule has 3 rings (SSSR count). The van der Waals surface area contributed by atoms with Gasteiger partial charge in [-0.2, -0.15) is 0 Å². The van der Waals surface area contributed by atoms with Crippen molar-refractivity contribution < 1.29 is 19.7 Å². The van der Waals surface area contributed by atoms with E-state index in [4.69, 9.17) is 9.47 Å². The van der Waals surface area contributed by atoms with Crippen molar-refractivity contribution in [1.29, 1.82) is 0 Å². The molecule has 4 nitrogen and oxygen atoms in total. The summed E-state index contributed by atoms with van der Waals surface area (Å²) in [4.78, 5) is 0. The standard InChI is InChI=1S/C15H24O4/c1-10-7-11-8-12(9-16)19-13(18-11)15(10)5-3-14(2,17)4-6-15/h3,5,10-13,16-17H,4,6-9H2,1-2H3/t10-,11+,12-,13+,14+,15-/m0/s1. The highest BCUT2D eigenvalue weighted by atomic mass is 16.7. The predicted molar refractivity (Wildman–Crippen MR) is 70.4 cm³/mol. The van der Waals surface area contributed by atoms with E-state index in [-0.39, 0.29) is 30.5 Å². The predicted octanol–water partition coefficient (Wildman–Crippen LogP) is 1.61. The molecule has 108 valence electrons. The molecule has 1 aliphatic carbocycles. The third-order valence-electron chi connectivity index (χ3n) is 5.15. The van der Waals surface area contributed by atoms with Crippen LogP contribution in [0.3, 0.4) is 0 Å². The first-order valence-corrected chi connectivity index (χ1v) is 7.30. The zero-order valence-corrected chi connectivity index (χ0v) is 11.7.